The molecule has 0 bridgehead atoms. The molecule has 0 aliphatic rings. The fraction of sp³-hybridized carbons (Fsp3) is 0.294. The van der Waals surface area contributed by atoms with Crippen LogP contribution < -0.4 is 10.9 Å². The summed E-state index contributed by atoms with van der Waals surface area (Å²) in [6.45, 7) is 3.96. The van der Waals surface area contributed by atoms with E-state index >= 15 is 0 Å². The minimum Gasteiger partial charge on any atom is -0.361 e. The minimum absolute atomic E-state index is 0.0907. The van der Waals surface area contributed by atoms with Crippen molar-refractivity contribution in [1.29, 1.82) is 0 Å². The minimum atomic E-state index is -0.237. The normalized spacial score (nSPS) is 10.9. The van der Waals surface area contributed by atoms with Crippen LogP contribution in [0.25, 0.3) is 10.8 Å². The van der Waals surface area contributed by atoms with E-state index in [1.54, 1.807) is 12.1 Å². The lowest BCUT2D eigenvalue weighted by molar-refractivity contribution is -0.121. The summed E-state index contributed by atoms with van der Waals surface area (Å²) in [6, 6.07) is 7.19. The number of carbonyl (C=O) groups excluding carboxylic acids is 1. The van der Waals surface area contributed by atoms with Crippen molar-refractivity contribution in [3.63, 3.8) is 0 Å². The predicted octanol–water partition coefficient (Wildman–Crippen LogP) is 1.78. The van der Waals surface area contributed by atoms with Gasteiger partial charge in [0, 0.05) is 17.4 Å². The molecule has 0 aliphatic carbocycles. The number of rotatable bonds is 5. The second-order valence-corrected chi connectivity index (χ2v) is 5.62. The van der Waals surface area contributed by atoms with Gasteiger partial charge >= 0.3 is 0 Å². The maximum Gasteiger partial charge on any atom is 0.272 e. The number of nitrogens with one attached hydrogen (secondary N) is 2. The lowest BCUT2D eigenvalue weighted by Gasteiger charge is -2.07. The predicted molar refractivity (Wildman–Crippen MR) is 88.5 cm³/mol. The van der Waals surface area contributed by atoms with E-state index < -0.39 is 0 Å². The third-order valence-electron chi connectivity index (χ3n) is 4.01. The van der Waals surface area contributed by atoms with Gasteiger partial charge in [-0.1, -0.05) is 23.4 Å². The number of aromatic amines is 1. The van der Waals surface area contributed by atoms with Gasteiger partial charge in [0.2, 0.25) is 5.91 Å². The van der Waals surface area contributed by atoms with Gasteiger partial charge in [-0.25, -0.2) is 5.10 Å². The van der Waals surface area contributed by atoms with Crippen LogP contribution in [-0.4, -0.2) is 21.3 Å². The van der Waals surface area contributed by atoms with Crippen LogP contribution in [0.3, 0.4) is 0 Å². The summed E-state index contributed by atoms with van der Waals surface area (Å²) in [4.78, 5) is 23.8. The molecule has 7 nitrogen and oxygen atoms in total. The third kappa shape index (κ3) is 3.19. The Morgan fingerprint density at radius 1 is 1.25 bits per heavy atom. The van der Waals surface area contributed by atoms with Crippen LogP contribution in [0.15, 0.2) is 33.6 Å². The van der Waals surface area contributed by atoms with Crippen molar-refractivity contribution in [2.45, 2.75) is 33.2 Å². The molecule has 2 heterocycles. The quantitative estimate of drug-likeness (QED) is 0.744. The Bertz CT molecular complexity index is 923. The zero-order chi connectivity index (χ0) is 17.1. The molecular formula is C17H18N4O3. The van der Waals surface area contributed by atoms with E-state index in [1.165, 1.54) is 0 Å². The summed E-state index contributed by atoms with van der Waals surface area (Å²) in [5, 5.41) is 14.5. The molecule has 124 valence electrons. The van der Waals surface area contributed by atoms with Gasteiger partial charge in [0.25, 0.3) is 5.56 Å². The van der Waals surface area contributed by atoms with Crippen LogP contribution >= 0.6 is 0 Å². The number of aromatic nitrogens is 3. The van der Waals surface area contributed by atoms with Gasteiger partial charge in [-0.3, -0.25) is 9.59 Å². The van der Waals surface area contributed by atoms with Crippen LogP contribution in [0.5, 0.6) is 0 Å². The molecule has 2 N–H and O–H groups in total. The maximum atomic E-state index is 12.1. The Morgan fingerprint density at radius 3 is 2.71 bits per heavy atom. The molecule has 0 atom stereocenters. The first-order valence-corrected chi connectivity index (χ1v) is 7.71. The average Bonchev–Trinajstić information content (AvgIpc) is 2.91. The van der Waals surface area contributed by atoms with Crippen molar-refractivity contribution in [3.05, 3.63) is 57.3 Å². The highest BCUT2D eigenvalue weighted by molar-refractivity contribution is 5.84. The molecule has 0 unspecified atom stereocenters. The number of fused-ring (bicyclic) bond motifs is 1. The molecule has 1 aromatic carbocycles. The molecule has 0 aliphatic heterocycles. The van der Waals surface area contributed by atoms with Crippen LogP contribution in [0.1, 0.15) is 29.1 Å². The van der Waals surface area contributed by atoms with Gasteiger partial charge in [0.1, 0.15) is 5.76 Å². The number of benzene rings is 1. The van der Waals surface area contributed by atoms with Gasteiger partial charge in [0.15, 0.2) is 0 Å². The van der Waals surface area contributed by atoms with E-state index in [9.17, 15) is 9.59 Å². The Balaban J connectivity index is 1.65. The van der Waals surface area contributed by atoms with Crippen molar-refractivity contribution < 1.29 is 9.32 Å². The summed E-state index contributed by atoms with van der Waals surface area (Å²) in [5.74, 6) is 0.653. The molecule has 24 heavy (non-hydrogen) atoms. The number of carbonyl (C=O) groups is 1. The van der Waals surface area contributed by atoms with Crippen LogP contribution in [-0.2, 0) is 17.8 Å². The van der Waals surface area contributed by atoms with Crippen LogP contribution in [0.4, 0.5) is 0 Å². The first-order valence-electron chi connectivity index (χ1n) is 7.71. The number of nitrogens with zero attached hydrogens (tertiary/aromatic N) is 2. The molecule has 3 rings (SSSR count). The van der Waals surface area contributed by atoms with Crippen molar-refractivity contribution in [1.82, 2.24) is 20.7 Å². The first kappa shape index (κ1) is 15.9. The van der Waals surface area contributed by atoms with Gasteiger partial charge in [-0.15, -0.1) is 0 Å². The molecule has 0 fully saturated rings. The van der Waals surface area contributed by atoms with Gasteiger partial charge in [-0.2, -0.15) is 5.10 Å². The van der Waals surface area contributed by atoms with E-state index in [2.05, 4.69) is 20.7 Å². The molecule has 1 amide bonds. The van der Waals surface area contributed by atoms with Gasteiger partial charge < -0.3 is 9.84 Å². The second-order valence-electron chi connectivity index (χ2n) is 5.62. The highest BCUT2D eigenvalue weighted by Gasteiger charge is 2.12. The second kappa shape index (κ2) is 6.66. The number of hydrogen-bond donors (Lipinski definition) is 2. The lowest BCUT2D eigenvalue weighted by Crippen LogP contribution is -2.25. The summed E-state index contributed by atoms with van der Waals surface area (Å²) < 4.78 is 5.09. The van der Waals surface area contributed by atoms with E-state index in [0.717, 1.165) is 22.4 Å². The largest absolute Gasteiger partial charge is 0.361 e. The number of amides is 1. The van der Waals surface area contributed by atoms with Crippen LogP contribution in [0, 0.1) is 13.8 Å². The molecule has 7 heteroatoms. The summed E-state index contributed by atoms with van der Waals surface area (Å²) in [7, 11) is 0. The molecule has 0 radical (unpaired) electrons. The molecule has 0 saturated carbocycles. The highest BCUT2D eigenvalue weighted by atomic mass is 16.5. The van der Waals surface area contributed by atoms with Crippen molar-refractivity contribution in [2.75, 3.05) is 0 Å². The maximum absolute atomic E-state index is 12.1. The SMILES string of the molecule is Cc1noc(C)c1CCC(=O)NCc1n[nH]c(=O)c2ccccc12. The molecule has 3 aromatic rings. The zero-order valence-electron chi connectivity index (χ0n) is 13.5. The monoisotopic (exact) mass is 326 g/mol. The Labute approximate surface area is 138 Å². The Hall–Kier alpha value is -2.96. The van der Waals surface area contributed by atoms with Crippen molar-refractivity contribution >= 4 is 16.7 Å². The fourth-order valence-electron chi connectivity index (χ4n) is 2.67. The topological polar surface area (TPSA) is 101 Å². The molecule has 2 aromatic heterocycles. The van der Waals surface area contributed by atoms with E-state index in [-0.39, 0.29) is 18.0 Å². The number of H-pyrrole nitrogens is 1. The van der Waals surface area contributed by atoms with Crippen LogP contribution in [0.2, 0.25) is 0 Å². The smallest absolute Gasteiger partial charge is 0.272 e. The van der Waals surface area contributed by atoms with E-state index in [0.29, 0.717) is 23.9 Å². The Kier molecular flexibility index (Phi) is 4.41. The molecule has 0 spiro atoms. The Morgan fingerprint density at radius 2 is 2.00 bits per heavy atom. The molecule has 0 saturated heterocycles. The zero-order valence-corrected chi connectivity index (χ0v) is 13.5. The van der Waals surface area contributed by atoms with Crippen molar-refractivity contribution in [2.24, 2.45) is 0 Å². The van der Waals surface area contributed by atoms with Crippen molar-refractivity contribution in [3.8, 4) is 0 Å². The van der Waals surface area contributed by atoms with Gasteiger partial charge in [-0.05, 0) is 26.3 Å². The third-order valence-corrected chi connectivity index (χ3v) is 4.01. The van der Waals surface area contributed by atoms with E-state index in [4.69, 9.17) is 4.52 Å². The van der Waals surface area contributed by atoms with E-state index in [1.807, 2.05) is 26.0 Å². The summed E-state index contributed by atoms with van der Waals surface area (Å²) in [6.07, 6.45) is 0.914. The number of hydrogen-bond acceptors (Lipinski definition) is 5. The highest BCUT2D eigenvalue weighted by Crippen LogP contribution is 2.15. The number of aryl methyl sites for hydroxylation is 2. The molecular weight excluding hydrogens is 308 g/mol. The average molecular weight is 326 g/mol. The fourth-order valence-corrected chi connectivity index (χ4v) is 2.67. The summed E-state index contributed by atoms with van der Waals surface area (Å²) in [5.41, 5.74) is 2.18. The summed E-state index contributed by atoms with van der Waals surface area (Å²) >= 11 is 0. The first-order chi connectivity index (χ1) is 11.6. The standard InChI is InChI=1S/C17H18N4O3/c1-10-12(11(2)24-21-10)7-8-16(22)18-9-15-13-5-3-4-6-14(13)17(23)20-19-15/h3-6H,7-9H2,1-2H3,(H,18,22)(H,20,23). The lowest BCUT2D eigenvalue weighted by atomic mass is 10.1. The van der Waals surface area contributed by atoms with Gasteiger partial charge in [0.05, 0.1) is 23.3 Å².